The van der Waals surface area contributed by atoms with Gasteiger partial charge in [-0.1, -0.05) is 19.1 Å². The molecule has 10 heteroatoms. The van der Waals surface area contributed by atoms with Gasteiger partial charge in [-0.05, 0) is 48.8 Å². The Morgan fingerprint density at radius 1 is 1.26 bits per heavy atom. The van der Waals surface area contributed by atoms with Crippen LogP contribution in [0.4, 0.5) is 4.79 Å². The zero-order valence-electron chi connectivity index (χ0n) is 18.9. The number of carbonyl (C=O) groups is 4. The van der Waals surface area contributed by atoms with Crippen molar-refractivity contribution >= 4 is 35.2 Å². The molecular formula is C24H26N4O5S. The van der Waals surface area contributed by atoms with Gasteiger partial charge in [-0.2, -0.15) is 0 Å². The van der Waals surface area contributed by atoms with Crippen LogP contribution in [0.25, 0.3) is 0 Å². The molecule has 2 atom stereocenters. The van der Waals surface area contributed by atoms with E-state index < -0.39 is 18.0 Å². The van der Waals surface area contributed by atoms with Crippen LogP contribution >= 0.6 is 11.3 Å². The van der Waals surface area contributed by atoms with Gasteiger partial charge in [0.2, 0.25) is 11.8 Å². The zero-order valence-corrected chi connectivity index (χ0v) is 19.7. The molecule has 2 aromatic rings. The first kappa shape index (κ1) is 22.5. The lowest BCUT2D eigenvalue weighted by Crippen LogP contribution is -2.52. The predicted octanol–water partition coefficient (Wildman–Crippen LogP) is 2.46. The number of carbonyl (C=O) groups excluding carboxylic acids is 4. The minimum atomic E-state index is -0.645. The Morgan fingerprint density at radius 2 is 2.12 bits per heavy atom. The predicted molar refractivity (Wildman–Crippen MR) is 123 cm³/mol. The summed E-state index contributed by atoms with van der Waals surface area (Å²) in [5.74, 6) is -0.342. The number of rotatable bonds is 5. The monoisotopic (exact) mass is 482 g/mol. The number of ether oxygens (including phenoxy) is 1. The highest BCUT2D eigenvalue weighted by Gasteiger charge is 2.39. The molecule has 0 bridgehead atoms. The van der Waals surface area contributed by atoms with Gasteiger partial charge in [-0.15, -0.1) is 11.3 Å². The van der Waals surface area contributed by atoms with Crippen LogP contribution in [-0.4, -0.2) is 39.7 Å². The highest BCUT2D eigenvalue weighted by Crippen LogP contribution is 2.30. The second-order valence-corrected chi connectivity index (χ2v) is 10.3. The highest BCUT2D eigenvalue weighted by atomic mass is 32.1. The van der Waals surface area contributed by atoms with Crippen molar-refractivity contribution in [3.05, 3.63) is 50.5 Å². The molecule has 34 heavy (non-hydrogen) atoms. The summed E-state index contributed by atoms with van der Waals surface area (Å²) in [5, 5.41) is 5.83. The molecule has 1 fully saturated rings. The van der Waals surface area contributed by atoms with E-state index in [0.717, 1.165) is 34.7 Å². The highest BCUT2D eigenvalue weighted by molar-refractivity contribution is 7.11. The number of aryl methyl sites for hydroxylation is 1. The van der Waals surface area contributed by atoms with Crippen molar-refractivity contribution in [2.45, 2.75) is 64.8 Å². The van der Waals surface area contributed by atoms with Crippen LogP contribution in [0.3, 0.4) is 0 Å². The van der Waals surface area contributed by atoms with Gasteiger partial charge in [-0.3, -0.25) is 19.7 Å². The molecule has 3 heterocycles. The third kappa shape index (κ3) is 4.54. The molecule has 4 amide bonds. The summed E-state index contributed by atoms with van der Waals surface area (Å²) in [6, 6.07) is 4.77. The molecule has 1 saturated heterocycles. The van der Waals surface area contributed by atoms with E-state index in [4.69, 9.17) is 4.74 Å². The molecule has 178 valence electrons. The summed E-state index contributed by atoms with van der Waals surface area (Å²) in [4.78, 5) is 56.1. The van der Waals surface area contributed by atoms with Crippen LogP contribution in [-0.2, 0) is 46.9 Å². The first-order valence-corrected chi connectivity index (χ1v) is 12.3. The number of amides is 4. The normalized spacial score (nSPS) is 21.7. The van der Waals surface area contributed by atoms with Gasteiger partial charge in [0.15, 0.2) is 0 Å². The van der Waals surface area contributed by atoms with Crippen molar-refractivity contribution in [1.29, 1.82) is 0 Å². The van der Waals surface area contributed by atoms with Crippen molar-refractivity contribution in [1.82, 2.24) is 20.5 Å². The van der Waals surface area contributed by atoms with Crippen LogP contribution in [0, 0.1) is 5.92 Å². The van der Waals surface area contributed by atoms with E-state index in [1.807, 2.05) is 12.1 Å². The first-order chi connectivity index (χ1) is 16.4. The molecule has 0 spiro atoms. The molecular weight excluding hydrogens is 456 g/mol. The lowest BCUT2D eigenvalue weighted by atomic mass is 9.93. The van der Waals surface area contributed by atoms with E-state index in [-0.39, 0.29) is 31.4 Å². The Hall–Kier alpha value is -3.27. The van der Waals surface area contributed by atoms with Crippen LogP contribution in [0.15, 0.2) is 18.2 Å². The molecule has 0 saturated carbocycles. The Balaban J connectivity index is 1.15. The molecule has 1 aliphatic carbocycles. The Kier molecular flexibility index (Phi) is 6.07. The lowest BCUT2D eigenvalue weighted by molar-refractivity contribution is -0.136. The molecule has 2 N–H and O–H groups in total. The fourth-order valence-corrected chi connectivity index (χ4v) is 5.75. The van der Waals surface area contributed by atoms with E-state index in [0.29, 0.717) is 24.4 Å². The van der Waals surface area contributed by atoms with E-state index in [9.17, 15) is 19.2 Å². The number of hydrogen-bond donors (Lipinski definition) is 2. The number of hydrogen-bond acceptors (Lipinski definition) is 7. The number of fused-ring (bicyclic) bond motifs is 2. The number of piperidine rings is 1. The van der Waals surface area contributed by atoms with Gasteiger partial charge >= 0.3 is 6.09 Å². The number of nitrogens with one attached hydrogen (secondary N) is 2. The lowest BCUT2D eigenvalue weighted by Gasteiger charge is -2.29. The zero-order chi connectivity index (χ0) is 23.8. The van der Waals surface area contributed by atoms with E-state index in [1.54, 1.807) is 17.4 Å². The van der Waals surface area contributed by atoms with Crippen molar-refractivity contribution in [3.63, 3.8) is 0 Å². The summed E-state index contributed by atoms with van der Waals surface area (Å²) >= 11 is 1.61. The van der Waals surface area contributed by atoms with Gasteiger partial charge in [0, 0.05) is 30.0 Å². The van der Waals surface area contributed by atoms with Crippen LogP contribution < -0.4 is 10.6 Å². The molecule has 0 radical (unpaired) electrons. The maximum absolute atomic E-state index is 12.9. The van der Waals surface area contributed by atoms with Crippen molar-refractivity contribution < 1.29 is 23.9 Å². The van der Waals surface area contributed by atoms with E-state index in [2.05, 4.69) is 22.5 Å². The Bertz CT molecular complexity index is 1180. The maximum Gasteiger partial charge on any atom is 0.407 e. The van der Waals surface area contributed by atoms with Crippen LogP contribution in [0.2, 0.25) is 0 Å². The third-order valence-electron chi connectivity index (χ3n) is 6.58. The molecule has 5 rings (SSSR count). The molecule has 2 unspecified atom stereocenters. The third-order valence-corrected chi connectivity index (χ3v) is 7.72. The largest absolute Gasteiger partial charge is 0.442 e. The minimum Gasteiger partial charge on any atom is -0.442 e. The second-order valence-electron chi connectivity index (χ2n) is 9.15. The van der Waals surface area contributed by atoms with Crippen molar-refractivity contribution in [2.75, 3.05) is 0 Å². The maximum atomic E-state index is 12.9. The molecule has 1 aromatic carbocycles. The average Bonchev–Trinajstić information content (AvgIpc) is 3.36. The molecule has 1 aromatic heterocycles. The van der Waals surface area contributed by atoms with E-state index >= 15 is 0 Å². The average molecular weight is 483 g/mol. The number of nitrogens with zero attached hydrogens (tertiary/aromatic N) is 2. The number of benzene rings is 1. The number of imide groups is 1. The summed E-state index contributed by atoms with van der Waals surface area (Å²) in [7, 11) is 0. The van der Waals surface area contributed by atoms with Crippen molar-refractivity contribution in [2.24, 2.45) is 5.92 Å². The Morgan fingerprint density at radius 3 is 2.94 bits per heavy atom. The van der Waals surface area contributed by atoms with Crippen LogP contribution in [0.5, 0.6) is 0 Å². The quantitative estimate of drug-likeness (QED) is 0.632. The van der Waals surface area contributed by atoms with Gasteiger partial charge in [-0.25, -0.2) is 9.78 Å². The summed E-state index contributed by atoms with van der Waals surface area (Å²) in [5.41, 5.74) is 3.23. The fraction of sp³-hybridized carbons (Fsp3) is 0.458. The summed E-state index contributed by atoms with van der Waals surface area (Å²) < 4.78 is 5.34. The minimum absolute atomic E-state index is 0.140. The molecule has 2 aliphatic heterocycles. The SMILES string of the molecule is CC1CCc2sc(COC(=O)NCc3ccc4c(c3)C(=O)N(C3CCC(=O)NC3=O)C4)nc2C1. The first-order valence-electron chi connectivity index (χ1n) is 11.5. The van der Waals surface area contributed by atoms with E-state index in [1.165, 1.54) is 16.2 Å². The smallest absolute Gasteiger partial charge is 0.407 e. The van der Waals surface area contributed by atoms with Gasteiger partial charge < -0.3 is 15.0 Å². The molecule has 3 aliphatic rings. The Labute approximate surface area is 200 Å². The summed E-state index contributed by atoms with van der Waals surface area (Å²) in [6.45, 7) is 2.91. The standard InChI is InChI=1S/C24H26N4O5S/c1-13-2-6-19-17(8-13)26-21(34-19)12-33-24(32)25-10-14-3-4-15-11-28(23(31)16(15)9-14)18-5-7-20(29)27-22(18)30/h3-4,9,13,18H,2,5-8,10-12H2,1H3,(H,25,32)(H,27,29,30). The van der Waals surface area contributed by atoms with Gasteiger partial charge in [0.05, 0.1) is 5.69 Å². The second kappa shape index (κ2) is 9.17. The van der Waals surface area contributed by atoms with Crippen molar-refractivity contribution in [3.8, 4) is 0 Å². The topological polar surface area (TPSA) is 118 Å². The van der Waals surface area contributed by atoms with Crippen LogP contribution in [0.1, 0.15) is 63.2 Å². The van der Waals surface area contributed by atoms with Gasteiger partial charge in [0.1, 0.15) is 17.7 Å². The fourth-order valence-electron chi connectivity index (χ4n) is 4.73. The van der Waals surface area contributed by atoms with Gasteiger partial charge in [0.25, 0.3) is 5.91 Å². The summed E-state index contributed by atoms with van der Waals surface area (Å²) in [6.07, 6.45) is 3.19. The molecule has 9 nitrogen and oxygen atoms in total. The number of alkyl carbamates (subject to hydrolysis) is 1. The number of thiazole rings is 1. The number of aromatic nitrogens is 1.